The standard InChI is InChI=1S/C14H19ClN2S2/c1-9-4-6-12(18-9)14(10(2)16)17(3)8-11-5-7-13(15)19-11/h4-7,10,14H,8,16H2,1-3H3. The molecule has 5 heteroatoms. The van der Waals surface area contributed by atoms with Crippen molar-refractivity contribution in [2.45, 2.75) is 32.5 Å². The number of thiophene rings is 2. The van der Waals surface area contributed by atoms with Gasteiger partial charge in [0.15, 0.2) is 0 Å². The van der Waals surface area contributed by atoms with E-state index < -0.39 is 0 Å². The van der Waals surface area contributed by atoms with Gasteiger partial charge >= 0.3 is 0 Å². The van der Waals surface area contributed by atoms with Gasteiger partial charge in [-0.25, -0.2) is 0 Å². The number of rotatable bonds is 5. The Bertz CT molecular complexity index is 533. The van der Waals surface area contributed by atoms with Crippen LogP contribution in [-0.4, -0.2) is 18.0 Å². The molecule has 0 aliphatic heterocycles. The zero-order valence-electron chi connectivity index (χ0n) is 11.4. The zero-order chi connectivity index (χ0) is 14.0. The second kappa shape index (κ2) is 6.37. The van der Waals surface area contributed by atoms with E-state index in [1.807, 2.05) is 17.4 Å². The Morgan fingerprint density at radius 1 is 1.26 bits per heavy atom. The Balaban J connectivity index is 2.15. The van der Waals surface area contributed by atoms with Crippen molar-refractivity contribution in [3.8, 4) is 0 Å². The van der Waals surface area contributed by atoms with E-state index >= 15 is 0 Å². The van der Waals surface area contributed by atoms with E-state index in [2.05, 4.69) is 44.0 Å². The van der Waals surface area contributed by atoms with Gasteiger partial charge in [0.1, 0.15) is 0 Å². The first-order chi connectivity index (χ1) is 8.97. The number of halogens is 1. The average Bonchev–Trinajstić information content (AvgIpc) is 2.88. The molecule has 0 saturated heterocycles. The number of aryl methyl sites for hydroxylation is 1. The third kappa shape index (κ3) is 3.80. The van der Waals surface area contributed by atoms with Crippen molar-refractivity contribution in [2.24, 2.45) is 5.73 Å². The molecule has 0 radical (unpaired) electrons. The molecule has 2 unspecified atom stereocenters. The molecule has 0 aromatic carbocycles. The maximum absolute atomic E-state index is 6.18. The third-order valence-electron chi connectivity index (χ3n) is 3.06. The summed E-state index contributed by atoms with van der Waals surface area (Å²) in [4.78, 5) is 6.23. The van der Waals surface area contributed by atoms with Crippen molar-refractivity contribution in [3.63, 3.8) is 0 Å². The fourth-order valence-corrected chi connectivity index (χ4v) is 4.58. The first-order valence-corrected chi connectivity index (χ1v) is 8.25. The second-order valence-electron chi connectivity index (χ2n) is 4.87. The Morgan fingerprint density at radius 3 is 2.47 bits per heavy atom. The molecule has 2 heterocycles. The number of hydrogen-bond acceptors (Lipinski definition) is 4. The van der Waals surface area contributed by atoms with Gasteiger partial charge in [-0.3, -0.25) is 4.90 Å². The van der Waals surface area contributed by atoms with Crippen molar-refractivity contribution in [3.05, 3.63) is 43.2 Å². The molecule has 0 aliphatic carbocycles. The average molecular weight is 315 g/mol. The summed E-state index contributed by atoms with van der Waals surface area (Å²) in [5.74, 6) is 0. The molecule has 0 saturated carbocycles. The lowest BCUT2D eigenvalue weighted by Crippen LogP contribution is -2.36. The maximum Gasteiger partial charge on any atom is 0.0931 e. The topological polar surface area (TPSA) is 29.3 Å². The largest absolute Gasteiger partial charge is 0.326 e. The lowest BCUT2D eigenvalue weighted by atomic mass is 10.1. The SMILES string of the molecule is Cc1ccc(C(C(C)N)N(C)Cc2ccc(Cl)s2)s1. The van der Waals surface area contributed by atoms with Gasteiger partial charge in [0.2, 0.25) is 0 Å². The van der Waals surface area contributed by atoms with Crippen LogP contribution in [-0.2, 0) is 6.54 Å². The van der Waals surface area contributed by atoms with Crippen LogP contribution < -0.4 is 5.73 Å². The Kier molecular flexibility index (Phi) is 5.03. The van der Waals surface area contributed by atoms with Gasteiger partial charge in [0.05, 0.1) is 10.4 Å². The fraction of sp³-hybridized carbons (Fsp3) is 0.429. The molecule has 104 valence electrons. The molecule has 2 rings (SSSR count). The molecule has 2 aromatic rings. The molecule has 0 fully saturated rings. The lowest BCUT2D eigenvalue weighted by molar-refractivity contribution is 0.216. The summed E-state index contributed by atoms with van der Waals surface area (Å²) in [6.45, 7) is 5.07. The van der Waals surface area contributed by atoms with Gasteiger partial charge in [-0.1, -0.05) is 11.6 Å². The summed E-state index contributed by atoms with van der Waals surface area (Å²) in [5, 5.41) is 0. The third-order valence-corrected chi connectivity index (χ3v) is 5.35. The van der Waals surface area contributed by atoms with Gasteiger partial charge in [0, 0.05) is 27.2 Å². The highest BCUT2D eigenvalue weighted by atomic mass is 35.5. The van der Waals surface area contributed by atoms with E-state index in [0.29, 0.717) is 0 Å². The highest BCUT2D eigenvalue weighted by Crippen LogP contribution is 2.31. The van der Waals surface area contributed by atoms with Crippen molar-refractivity contribution in [1.82, 2.24) is 4.90 Å². The molecule has 2 nitrogen and oxygen atoms in total. The predicted octanol–water partition coefficient (Wildman–Crippen LogP) is 4.29. The zero-order valence-corrected chi connectivity index (χ0v) is 13.8. The number of nitrogens with zero attached hydrogens (tertiary/aromatic N) is 1. The van der Waals surface area contributed by atoms with Crippen LogP contribution in [0.5, 0.6) is 0 Å². The first kappa shape index (κ1) is 15.0. The smallest absolute Gasteiger partial charge is 0.0931 e. The Hall–Kier alpha value is -0.390. The number of likely N-dealkylation sites (N-methyl/N-ethyl adjacent to an activating group) is 1. The second-order valence-corrected chi connectivity index (χ2v) is 7.99. The van der Waals surface area contributed by atoms with E-state index in [1.165, 1.54) is 14.6 Å². The Labute approximate surface area is 127 Å². The molecule has 0 spiro atoms. The monoisotopic (exact) mass is 314 g/mol. The molecule has 0 amide bonds. The van der Waals surface area contributed by atoms with Crippen LogP contribution in [0.15, 0.2) is 24.3 Å². The minimum absolute atomic E-state index is 0.0958. The predicted molar refractivity (Wildman–Crippen MR) is 86.2 cm³/mol. The first-order valence-electron chi connectivity index (χ1n) is 6.23. The van der Waals surface area contributed by atoms with Crippen LogP contribution in [0, 0.1) is 6.92 Å². The normalized spacial score (nSPS) is 14.8. The van der Waals surface area contributed by atoms with Gasteiger partial charge in [-0.05, 0) is 45.2 Å². The van der Waals surface area contributed by atoms with Crippen LogP contribution in [0.1, 0.15) is 27.6 Å². The summed E-state index contributed by atoms with van der Waals surface area (Å²) in [6, 6.07) is 8.72. The van der Waals surface area contributed by atoms with E-state index in [9.17, 15) is 0 Å². The summed E-state index contributed by atoms with van der Waals surface area (Å²) >= 11 is 9.44. The Morgan fingerprint density at radius 2 is 2.00 bits per heavy atom. The summed E-state index contributed by atoms with van der Waals surface area (Å²) in [5.41, 5.74) is 6.18. The van der Waals surface area contributed by atoms with Crippen molar-refractivity contribution in [1.29, 1.82) is 0 Å². The van der Waals surface area contributed by atoms with Crippen LogP contribution in [0.4, 0.5) is 0 Å². The minimum Gasteiger partial charge on any atom is -0.326 e. The highest BCUT2D eigenvalue weighted by molar-refractivity contribution is 7.16. The van der Waals surface area contributed by atoms with Crippen LogP contribution in [0.25, 0.3) is 0 Å². The van der Waals surface area contributed by atoms with Crippen LogP contribution in [0.2, 0.25) is 4.34 Å². The quantitative estimate of drug-likeness (QED) is 0.892. The molecule has 0 bridgehead atoms. The molecule has 2 atom stereocenters. The summed E-state index contributed by atoms with van der Waals surface area (Å²) < 4.78 is 0.840. The van der Waals surface area contributed by atoms with Gasteiger partial charge < -0.3 is 5.73 Å². The van der Waals surface area contributed by atoms with E-state index in [-0.39, 0.29) is 12.1 Å². The van der Waals surface area contributed by atoms with E-state index in [4.69, 9.17) is 17.3 Å². The molecule has 19 heavy (non-hydrogen) atoms. The molecular weight excluding hydrogens is 296 g/mol. The van der Waals surface area contributed by atoms with E-state index in [0.717, 1.165) is 10.9 Å². The summed E-state index contributed by atoms with van der Waals surface area (Å²) in [7, 11) is 2.12. The van der Waals surface area contributed by atoms with Gasteiger partial charge in [-0.2, -0.15) is 0 Å². The van der Waals surface area contributed by atoms with Crippen LogP contribution in [0.3, 0.4) is 0 Å². The van der Waals surface area contributed by atoms with Gasteiger partial charge in [-0.15, -0.1) is 22.7 Å². The fourth-order valence-electron chi connectivity index (χ4n) is 2.27. The van der Waals surface area contributed by atoms with Crippen LogP contribution >= 0.6 is 34.3 Å². The molecule has 0 aliphatic rings. The highest BCUT2D eigenvalue weighted by Gasteiger charge is 2.23. The van der Waals surface area contributed by atoms with E-state index in [1.54, 1.807) is 11.3 Å². The van der Waals surface area contributed by atoms with Crippen molar-refractivity contribution >= 4 is 34.3 Å². The van der Waals surface area contributed by atoms with Crippen molar-refractivity contribution in [2.75, 3.05) is 7.05 Å². The number of hydrogen-bond donors (Lipinski definition) is 1. The minimum atomic E-state index is 0.0958. The molecule has 2 aromatic heterocycles. The summed E-state index contributed by atoms with van der Waals surface area (Å²) in [6.07, 6.45) is 0. The maximum atomic E-state index is 6.18. The molecular formula is C14H19ClN2S2. The van der Waals surface area contributed by atoms with Crippen molar-refractivity contribution < 1.29 is 0 Å². The number of nitrogens with two attached hydrogens (primary N) is 1. The van der Waals surface area contributed by atoms with Gasteiger partial charge in [0.25, 0.3) is 0 Å². The lowest BCUT2D eigenvalue weighted by Gasteiger charge is -2.30. The molecule has 2 N–H and O–H groups in total.